The van der Waals surface area contributed by atoms with E-state index in [0.717, 1.165) is 21.4 Å². The molecular formula is C14H11BrN2. The Labute approximate surface area is 109 Å². The van der Waals surface area contributed by atoms with Crippen molar-refractivity contribution in [3.8, 4) is 6.07 Å². The van der Waals surface area contributed by atoms with E-state index in [1.807, 2.05) is 43.3 Å². The fourth-order valence-electron chi connectivity index (χ4n) is 1.60. The molecule has 0 saturated heterocycles. The van der Waals surface area contributed by atoms with Gasteiger partial charge in [0, 0.05) is 10.2 Å². The maximum absolute atomic E-state index is 9.01. The first-order valence-corrected chi connectivity index (χ1v) is 6.02. The number of rotatable bonds is 2. The molecule has 0 saturated carbocycles. The second kappa shape index (κ2) is 5.03. The number of hydrogen-bond acceptors (Lipinski definition) is 2. The van der Waals surface area contributed by atoms with Gasteiger partial charge in [0.2, 0.25) is 0 Å². The van der Waals surface area contributed by atoms with Crippen LogP contribution in [0.5, 0.6) is 0 Å². The smallest absolute Gasteiger partial charge is 0.101 e. The standard InChI is InChI=1S/C14H11BrN2/c1-10-8-12(15)6-7-13(10)17-14-5-3-2-4-11(14)9-16/h2-8,17H,1H3. The van der Waals surface area contributed by atoms with E-state index in [4.69, 9.17) is 5.26 Å². The lowest BCUT2D eigenvalue weighted by molar-refractivity contribution is 1.40. The highest BCUT2D eigenvalue weighted by atomic mass is 79.9. The quantitative estimate of drug-likeness (QED) is 0.890. The summed E-state index contributed by atoms with van der Waals surface area (Å²) in [4.78, 5) is 0. The van der Waals surface area contributed by atoms with Crippen LogP contribution in [0.25, 0.3) is 0 Å². The molecule has 2 nitrogen and oxygen atoms in total. The van der Waals surface area contributed by atoms with Crippen LogP contribution in [0.4, 0.5) is 11.4 Å². The van der Waals surface area contributed by atoms with Crippen molar-refractivity contribution in [3.05, 3.63) is 58.1 Å². The van der Waals surface area contributed by atoms with Gasteiger partial charge in [0.15, 0.2) is 0 Å². The summed E-state index contributed by atoms with van der Waals surface area (Å²) in [7, 11) is 0. The molecule has 0 aromatic heterocycles. The van der Waals surface area contributed by atoms with Gasteiger partial charge in [-0.25, -0.2) is 0 Å². The molecule has 0 amide bonds. The lowest BCUT2D eigenvalue weighted by Gasteiger charge is -2.10. The number of anilines is 2. The highest BCUT2D eigenvalue weighted by molar-refractivity contribution is 9.10. The van der Waals surface area contributed by atoms with Gasteiger partial charge in [-0.15, -0.1) is 0 Å². The molecule has 2 rings (SSSR count). The summed E-state index contributed by atoms with van der Waals surface area (Å²) in [5.41, 5.74) is 3.62. The first-order valence-electron chi connectivity index (χ1n) is 5.23. The highest BCUT2D eigenvalue weighted by Gasteiger charge is 2.03. The van der Waals surface area contributed by atoms with Crippen molar-refractivity contribution in [2.45, 2.75) is 6.92 Å². The molecule has 0 aliphatic rings. The van der Waals surface area contributed by atoms with Crippen molar-refractivity contribution in [1.29, 1.82) is 5.26 Å². The van der Waals surface area contributed by atoms with Gasteiger partial charge in [0.1, 0.15) is 6.07 Å². The van der Waals surface area contributed by atoms with E-state index >= 15 is 0 Å². The molecule has 1 N–H and O–H groups in total. The Morgan fingerprint density at radius 1 is 1.12 bits per heavy atom. The van der Waals surface area contributed by atoms with Crippen LogP contribution in [0.1, 0.15) is 11.1 Å². The molecule has 84 valence electrons. The van der Waals surface area contributed by atoms with Crippen LogP contribution >= 0.6 is 15.9 Å². The molecule has 2 aromatic carbocycles. The summed E-state index contributed by atoms with van der Waals surface area (Å²) in [6, 6.07) is 15.7. The third kappa shape index (κ3) is 2.66. The van der Waals surface area contributed by atoms with Gasteiger partial charge in [0.05, 0.1) is 11.3 Å². The molecule has 0 heterocycles. The third-order valence-electron chi connectivity index (χ3n) is 2.51. The zero-order valence-corrected chi connectivity index (χ0v) is 11.0. The SMILES string of the molecule is Cc1cc(Br)ccc1Nc1ccccc1C#N. The predicted molar refractivity (Wildman–Crippen MR) is 73.3 cm³/mol. The number of benzene rings is 2. The lowest BCUT2D eigenvalue weighted by atomic mass is 10.1. The third-order valence-corrected chi connectivity index (χ3v) is 3.00. The lowest BCUT2D eigenvalue weighted by Crippen LogP contribution is -1.95. The zero-order chi connectivity index (χ0) is 12.3. The number of para-hydroxylation sites is 1. The summed E-state index contributed by atoms with van der Waals surface area (Å²) >= 11 is 3.43. The van der Waals surface area contributed by atoms with E-state index in [1.165, 1.54) is 0 Å². The Bertz CT molecular complexity index is 585. The number of halogens is 1. The fourth-order valence-corrected chi connectivity index (χ4v) is 2.08. The Hall–Kier alpha value is -1.79. The van der Waals surface area contributed by atoms with Crippen LogP contribution in [0.15, 0.2) is 46.9 Å². The molecule has 17 heavy (non-hydrogen) atoms. The summed E-state index contributed by atoms with van der Waals surface area (Å²) in [5, 5.41) is 12.3. The van der Waals surface area contributed by atoms with E-state index < -0.39 is 0 Å². The predicted octanol–water partition coefficient (Wildman–Crippen LogP) is 4.37. The maximum Gasteiger partial charge on any atom is 0.101 e. The van der Waals surface area contributed by atoms with Gasteiger partial charge in [0.25, 0.3) is 0 Å². The Kier molecular flexibility index (Phi) is 3.46. The van der Waals surface area contributed by atoms with E-state index in [9.17, 15) is 0 Å². The van der Waals surface area contributed by atoms with Crippen molar-refractivity contribution in [2.24, 2.45) is 0 Å². The van der Waals surface area contributed by atoms with Gasteiger partial charge in [-0.2, -0.15) is 5.26 Å². The minimum Gasteiger partial charge on any atom is -0.354 e. The molecule has 0 bridgehead atoms. The van der Waals surface area contributed by atoms with Crippen LogP contribution in [0.3, 0.4) is 0 Å². The molecule has 0 radical (unpaired) electrons. The van der Waals surface area contributed by atoms with E-state index in [0.29, 0.717) is 5.56 Å². The summed E-state index contributed by atoms with van der Waals surface area (Å²) in [6.45, 7) is 2.03. The fraction of sp³-hybridized carbons (Fsp3) is 0.0714. The summed E-state index contributed by atoms with van der Waals surface area (Å²) in [6.07, 6.45) is 0. The molecule has 2 aromatic rings. The number of hydrogen-bond donors (Lipinski definition) is 1. The first kappa shape index (κ1) is 11.7. The van der Waals surface area contributed by atoms with Crippen molar-refractivity contribution < 1.29 is 0 Å². The zero-order valence-electron chi connectivity index (χ0n) is 9.37. The van der Waals surface area contributed by atoms with Crippen LogP contribution in [0, 0.1) is 18.3 Å². The van der Waals surface area contributed by atoms with Gasteiger partial charge < -0.3 is 5.32 Å². The number of aryl methyl sites for hydroxylation is 1. The molecule has 0 fully saturated rings. The van der Waals surface area contributed by atoms with Crippen molar-refractivity contribution in [2.75, 3.05) is 5.32 Å². The first-order chi connectivity index (χ1) is 8.20. The number of nitrogens with zero attached hydrogens (tertiary/aromatic N) is 1. The van der Waals surface area contributed by atoms with Gasteiger partial charge in [-0.05, 0) is 42.8 Å². The van der Waals surface area contributed by atoms with Crippen molar-refractivity contribution in [1.82, 2.24) is 0 Å². The van der Waals surface area contributed by atoms with Crippen LogP contribution in [-0.2, 0) is 0 Å². The molecule has 0 aliphatic heterocycles. The molecule has 0 aliphatic carbocycles. The van der Waals surface area contributed by atoms with Gasteiger partial charge >= 0.3 is 0 Å². The van der Waals surface area contributed by atoms with Crippen LogP contribution in [0.2, 0.25) is 0 Å². The Morgan fingerprint density at radius 3 is 2.59 bits per heavy atom. The Morgan fingerprint density at radius 2 is 1.88 bits per heavy atom. The second-order valence-corrected chi connectivity index (χ2v) is 4.66. The summed E-state index contributed by atoms with van der Waals surface area (Å²) in [5.74, 6) is 0. The molecule has 0 atom stereocenters. The minimum absolute atomic E-state index is 0.648. The van der Waals surface area contributed by atoms with E-state index in [1.54, 1.807) is 6.07 Å². The average Bonchev–Trinajstić information content (AvgIpc) is 2.33. The molecule has 0 unspecified atom stereocenters. The normalized spacial score (nSPS) is 9.71. The van der Waals surface area contributed by atoms with Crippen molar-refractivity contribution >= 4 is 27.3 Å². The largest absolute Gasteiger partial charge is 0.354 e. The van der Waals surface area contributed by atoms with E-state index in [2.05, 4.69) is 27.3 Å². The highest BCUT2D eigenvalue weighted by Crippen LogP contribution is 2.25. The Balaban J connectivity index is 2.35. The number of nitrogens with one attached hydrogen (secondary N) is 1. The van der Waals surface area contributed by atoms with Gasteiger partial charge in [-0.3, -0.25) is 0 Å². The monoisotopic (exact) mass is 286 g/mol. The minimum atomic E-state index is 0.648. The second-order valence-electron chi connectivity index (χ2n) is 3.74. The van der Waals surface area contributed by atoms with E-state index in [-0.39, 0.29) is 0 Å². The molecule has 0 spiro atoms. The molecule has 3 heteroatoms. The molecular weight excluding hydrogens is 276 g/mol. The van der Waals surface area contributed by atoms with Crippen LogP contribution in [-0.4, -0.2) is 0 Å². The van der Waals surface area contributed by atoms with Crippen LogP contribution < -0.4 is 5.32 Å². The van der Waals surface area contributed by atoms with Crippen molar-refractivity contribution in [3.63, 3.8) is 0 Å². The average molecular weight is 287 g/mol. The van der Waals surface area contributed by atoms with Gasteiger partial charge in [-0.1, -0.05) is 28.1 Å². The topological polar surface area (TPSA) is 35.8 Å². The maximum atomic E-state index is 9.01. The summed E-state index contributed by atoms with van der Waals surface area (Å²) < 4.78 is 1.05. The number of nitriles is 1.